The number of aromatic amines is 2. The molecule has 0 radical (unpaired) electrons. The van der Waals surface area contributed by atoms with E-state index >= 15 is 0 Å². The molecule has 0 bridgehead atoms. The highest BCUT2D eigenvalue weighted by atomic mass is 19.1. The Hall–Kier alpha value is -3.08. The minimum atomic E-state index is -0.241. The molecule has 0 spiro atoms. The number of H-pyrrole nitrogens is 2. The van der Waals surface area contributed by atoms with Gasteiger partial charge in [0.15, 0.2) is 0 Å². The first-order valence-electron chi connectivity index (χ1n) is 8.31. The van der Waals surface area contributed by atoms with Crippen LogP contribution in [0, 0.1) is 5.82 Å². The molecule has 0 atom stereocenters. The number of fused-ring (bicyclic) bond motifs is 2. The zero-order valence-electron chi connectivity index (χ0n) is 14.0. The van der Waals surface area contributed by atoms with E-state index in [-0.39, 0.29) is 5.82 Å². The molecular formula is C20H19FN4. The lowest BCUT2D eigenvalue weighted by atomic mass is 10.0. The predicted molar refractivity (Wildman–Crippen MR) is 99.6 cm³/mol. The van der Waals surface area contributed by atoms with Crippen LogP contribution in [0.15, 0.2) is 54.9 Å². The first-order valence-corrected chi connectivity index (χ1v) is 8.31. The van der Waals surface area contributed by atoms with E-state index in [1.54, 1.807) is 6.07 Å². The van der Waals surface area contributed by atoms with Gasteiger partial charge in [-0.1, -0.05) is 19.6 Å². The monoisotopic (exact) mass is 334 g/mol. The zero-order valence-corrected chi connectivity index (χ0v) is 14.0. The maximum absolute atomic E-state index is 13.4. The number of rotatable bonds is 5. The van der Waals surface area contributed by atoms with E-state index < -0.39 is 0 Å². The molecule has 2 aromatic carbocycles. The number of allylic oxidation sites excluding steroid dienone is 1. The van der Waals surface area contributed by atoms with Gasteiger partial charge in [0, 0.05) is 28.4 Å². The van der Waals surface area contributed by atoms with E-state index in [0.717, 1.165) is 51.0 Å². The Morgan fingerprint density at radius 1 is 1.20 bits per heavy atom. The van der Waals surface area contributed by atoms with Crippen LogP contribution < -0.4 is 5.32 Å². The van der Waals surface area contributed by atoms with Crippen molar-refractivity contribution in [1.82, 2.24) is 20.3 Å². The van der Waals surface area contributed by atoms with Crippen LogP contribution in [-0.2, 0) is 6.54 Å². The molecule has 0 fully saturated rings. The maximum atomic E-state index is 13.4. The predicted octanol–water partition coefficient (Wildman–Crippen LogP) is 4.86. The third kappa shape index (κ3) is 2.89. The van der Waals surface area contributed by atoms with E-state index in [1.165, 1.54) is 12.1 Å². The normalized spacial score (nSPS) is 11.3. The molecule has 5 heteroatoms. The van der Waals surface area contributed by atoms with Crippen LogP contribution in [0.4, 0.5) is 4.39 Å². The fourth-order valence-corrected chi connectivity index (χ4v) is 2.98. The minimum absolute atomic E-state index is 0.241. The van der Waals surface area contributed by atoms with Crippen LogP contribution in [0.2, 0.25) is 0 Å². The zero-order chi connectivity index (χ0) is 17.4. The second-order valence-corrected chi connectivity index (χ2v) is 6.12. The van der Waals surface area contributed by atoms with E-state index in [1.807, 2.05) is 12.3 Å². The number of aromatic nitrogens is 3. The molecule has 2 heterocycles. The topological polar surface area (TPSA) is 56.5 Å². The molecule has 0 saturated heterocycles. The molecule has 3 N–H and O–H groups in total. The van der Waals surface area contributed by atoms with Crippen molar-refractivity contribution in [3.63, 3.8) is 0 Å². The second-order valence-electron chi connectivity index (χ2n) is 6.12. The van der Waals surface area contributed by atoms with E-state index in [2.05, 4.69) is 45.9 Å². The largest absolute Gasteiger partial charge is 0.382 e. The van der Waals surface area contributed by atoms with Gasteiger partial charge in [0.25, 0.3) is 0 Å². The van der Waals surface area contributed by atoms with Gasteiger partial charge in [-0.2, -0.15) is 0 Å². The molecule has 4 nitrogen and oxygen atoms in total. The summed E-state index contributed by atoms with van der Waals surface area (Å²) in [6.45, 7) is 6.63. The highest BCUT2D eigenvalue weighted by Gasteiger charge is 2.09. The Morgan fingerprint density at radius 3 is 2.92 bits per heavy atom. The Bertz CT molecular complexity index is 1070. The first-order chi connectivity index (χ1) is 12.1. The van der Waals surface area contributed by atoms with Crippen LogP contribution in [0.3, 0.4) is 0 Å². The van der Waals surface area contributed by atoms with Crippen molar-refractivity contribution in [3.05, 3.63) is 66.5 Å². The number of benzene rings is 2. The summed E-state index contributed by atoms with van der Waals surface area (Å²) in [6, 6.07) is 10.9. The SMILES string of the molecule is C=C(CC)NCc1nc2cc(-c3c[nH]c4cc(F)ccc34)ccc2[nH]1. The number of halogens is 1. The van der Waals surface area contributed by atoms with Crippen molar-refractivity contribution in [1.29, 1.82) is 0 Å². The first kappa shape index (κ1) is 15.4. The number of nitrogens with zero attached hydrogens (tertiary/aromatic N) is 1. The lowest BCUT2D eigenvalue weighted by molar-refractivity contribution is 0.629. The van der Waals surface area contributed by atoms with Crippen molar-refractivity contribution < 1.29 is 4.39 Å². The van der Waals surface area contributed by atoms with Gasteiger partial charge in [0.2, 0.25) is 0 Å². The van der Waals surface area contributed by atoms with Crippen LogP contribution >= 0.6 is 0 Å². The number of hydrogen-bond acceptors (Lipinski definition) is 2. The van der Waals surface area contributed by atoms with E-state index in [4.69, 9.17) is 0 Å². The van der Waals surface area contributed by atoms with Gasteiger partial charge in [0.1, 0.15) is 11.6 Å². The molecule has 0 saturated carbocycles. The summed E-state index contributed by atoms with van der Waals surface area (Å²) >= 11 is 0. The summed E-state index contributed by atoms with van der Waals surface area (Å²) in [5, 5.41) is 4.25. The van der Waals surface area contributed by atoms with Gasteiger partial charge in [-0.3, -0.25) is 0 Å². The second kappa shape index (κ2) is 6.09. The average molecular weight is 334 g/mol. The third-order valence-electron chi connectivity index (χ3n) is 4.42. The van der Waals surface area contributed by atoms with Gasteiger partial charge >= 0.3 is 0 Å². The van der Waals surface area contributed by atoms with Crippen molar-refractivity contribution in [2.24, 2.45) is 0 Å². The van der Waals surface area contributed by atoms with Gasteiger partial charge < -0.3 is 15.3 Å². The van der Waals surface area contributed by atoms with Gasteiger partial charge in [0.05, 0.1) is 17.6 Å². The van der Waals surface area contributed by atoms with Crippen LogP contribution in [0.25, 0.3) is 33.1 Å². The summed E-state index contributed by atoms with van der Waals surface area (Å²) < 4.78 is 13.4. The molecular weight excluding hydrogens is 315 g/mol. The van der Waals surface area contributed by atoms with Crippen LogP contribution in [0.5, 0.6) is 0 Å². The number of hydrogen-bond donors (Lipinski definition) is 3. The average Bonchev–Trinajstić information content (AvgIpc) is 3.21. The Balaban J connectivity index is 1.69. The molecule has 0 unspecified atom stereocenters. The highest BCUT2D eigenvalue weighted by molar-refractivity contribution is 5.97. The Kier molecular flexibility index (Phi) is 3.76. The summed E-state index contributed by atoms with van der Waals surface area (Å²) in [7, 11) is 0. The summed E-state index contributed by atoms with van der Waals surface area (Å²) in [6.07, 6.45) is 2.80. The minimum Gasteiger partial charge on any atom is -0.382 e. The highest BCUT2D eigenvalue weighted by Crippen LogP contribution is 2.30. The summed E-state index contributed by atoms with van der Waals surface area (Å²) in [5.41, 5.74) is 5.78. The number of imidazole rings is 1. The van der Waals surface area contributed by atoms with Crippen molar-refractivity contribution in [2.75, 3.05) is 0 Å². The molecule has 4 aromatic rings. The Labute approximate surface area is 144 Å². The number of nitrogens with one attached hydrogen (secondary N) is 3. The van der Waals surface area contributed by atoms with Crippen molar-refractivity contribution in [3.8, 4) is 11.1 Å². The van der Waals surface area contributed by atoms with Crippen molar-refractivity contribution in [2.45, 2.75) is 19.9 Å². The van der Waals surface area contributed by atoms with Gasteiger partial charge in [-0.25, -0.2) is 9.37 Å². The molecule has 0 amide bonds. The van der Waals surface area contributed by atoms with E-state index in [0.29, 0.717) is 6.54 Å². The van der Waals surface area contributed by atoms with Crippen molar-refractivity contribution >= 4 is 21.9 Å². The maximum Gasteiger partial charge on any atom is 0.126 e. The molecule has 0 aliphatic carbocycles. The molecule has 0 aliphatic heterocycles. The van der Waals surface area contributed by atoms with E-state index in [9.17, 15) is 4.39 Å². The lowest BCUT2D eigenvalue weighted by Gasteiger charge is -2.03. The molecule has 25 heavy (non-hydrogen) atoms. The van der Waals surface area contributed by atoms with Gasteiger partial charge in [-0.05, 0) is 42.3 Å². The molecule has 4 rings (SSSR count). The summed E-state index contributed by atoms with van der Waals surface area (Å²) in [5.74, 6) is 0.636. The Morgan fingerprint density at radius 2 is 2.08 bits per heavy atom. The standard InChI is InChI=1S/C20H19FN4/c1-3-12(2)22-11-20-24-17-7-4-13(8-19(17)25-20)16-10-23-18-9-14(21)5-6-15(16)18/h4-10,22-23H,2-3,11H2,1H3,(H,24,25). The summed E-state index contributed by atoms with van der Waals surface area (Å²) in [4.78, 5) is 11.1. The molecule has 126 valence electrons. The fourth-order valence-electron chi connectivity index (χ4n) is 2.98. The smallest absolute Gasteiger partial charge is 0.126 e. The molecule has 0 aliphatic rings. The lowest BCUT2D eigenvalue weighted by Crippen LogP contribution is -2.12. The van der Waals surface area contributed by atoms with Gasteiger partial charge in [-0.15, -0.1) is 0 Å². The quantitative estimate of drug-likeness (QED) is 0.488. The van der Waals surface area contributed by atoms with Crippen LogP contribution in [-0.4, -0.2) is 15.0 Å². The fraction of sp³-hybridized carbons (Fsp3) is 0.150. The molecule has 2 aromatic heterocycles. The third-order valence-corrected chi connectivity index (χ3v) is 4.42. The van der Waals surface area contributed by atoms with Crippen LogP contribution in [0.1, 0.15) is 19.2 Å².